The molecule has 0 aromatic heterocycles. The summed E-state index contributed by atoms with van der Waals surface area (Å²) in [4.78, 5) is 19.6. The minimum atomic E-state index is -0.948. The molecule has 0 heterocycles. The summed E-state index contributed by atoms with van der Waals surface area (Å²) in [6.45, 7) is 0. The maximum atomic E-state index is 9.79. The van der Waals surface area contributed by atoms with Crippen molar-refractivity contribution in [3.05, 3.63) is 0 Å². The van der Waals surface area contributed by atoms with Crippen LogP contribution in [-0.4, -0.2) is 43.3 Å². The van der Waals surface area contributed by atoms with Crippen LogP contribution in [0.3, 0.4) is 0 Å². The molecule has 0 saturated heterocycles. The van der Waals surface area contributed by atoms with E-state index in [1.165, 1.54) is 21.1 Å². The number of aliphatic carboxylic acids is 2. The Labute approximate surface area is 90.2 Å². The van der Waals surface area contributed by atoms with Crippen LogP contribution in [0.2, 0.25) is 0 Å². The fourth-order valence-corrected chi connectivity index (χ4v) is 0.391. The minimum Gasteiger partial charge on any atom is -0.481 e. The first-order chi connectivity index (χ1) is 7.13. The fourth-order valence-electron chi connectivity index (χ4n) is 0.391. The van der Waals surface area contributed by atoms with E-state index in [1.54, 1.807) is 0 Å². The number of hydrogen-bond donors (Lipinski definition) is 5. The van der Waals surface area contributed by atoms with Crippen LogP contribution in [0.25, 0.3) is 0 Å². The second kappa shape index (κ2) is 29.3. The van der Waals surface area contributed by atoms with Crippen molar-refractivity contribution in [2.75, 3.05) is 21.1 Å². The van der Waals surface area contributed by atoms with Crippen molar-refractivity contribution >= 4 is 11.9 Å². The largest absolute Gasteiger partial charge is 0.481 e. The van der Waals surface area contributed by atoms with Gasteiger partial charge in [0.1, 0.15) is 0 Å². The van der Waals surface area contributed by atoms with Gasteiger partial charge in [0.15, 0.2) is 0 Å². The van der Waals surface area contributed by atoms with Crippen molar-refractivity contribution in [3.63, 3.8) is 0 Å². The summed E-state index contributed by atoms with van der Waals surface area (Å²) in [7, 11) is 4.50. The normalized spacial score (nSPS) is 6.53. The smallest absolute Gasteiger partial charge is 0.303 e. The molecule has 0 aliphatic heterocycles. The van der Waals surface area contributed by atoms with Crippen LogP contribution in [0.15, 0.2) is 0 Å². The SMILES string of the molecule is CN.CN.CN.O=C(O)CCCC(=O)O. The highest BCUT2D eigenvalue weighted by molar-refractivity contribution is 5.69. The molecule has 0 spiro atoms. The molecule has 94 valence electrons. The third-order valence-electron chi connectivity index (χ3n) is 0.781. The molecule has 0 aliphatic carbocycles. The van der Waals surface area contributed by atoms with Gasteiger partial charge in [0.05, 0.1) is 0 Å². The molecule has 15 heavy (non-hydrogen) atoms. The zero-order valence-electron chi connectivity index (χ0n) is 9.56. The Morgan fingerprint density at radius 2 is 1.00 bits per heavy atom. The maximum absolute atomic E-state index is 9.79. The third-order valence-corrected chi connectivity index (χ3v) is 0.781. The summed E-state index contributed by atoms with van der Waals surface area (Å²) >= 11 is 0. The molecule has 8 N–H and O–H groups in total. The summed E-state index contributed by atoms with van der Waals surface area (Å²) in [5.41, 5.74) is 13.5. The van der Waals surface area contributed by atoms with Crippen LogP contribution in [-0.2, 0) is 9.59 Å². The second-order valence-electron chi connectivity index (χ2n) is 1.64. The van der Waals surface area contributed by atoms with Crippen LogP contribution in [0.5, 0.6) is 0 Å². The number of carboxylic acids is 2. The summed E-state index contributed by atoms with van der Waals surface area (Å²) < 4.78 is 0. The number of hydrogen-bond acceptors (Lipinski definition) is 5. The second-order valence-corrected chi connectivity index (χ2v) is 1.64. The third kappa shape index (κ3) is 64.6. The molecule has 0 unspecified atom stereocenters. The van der Waals surface area contributed by atoms with Crippen molar-refractivity contribution < 1.29 is 19.8 Å². The average Bonchev–Trinajstić information content (AvgIpc) is 2.25. The molecule has 0 rings (SSSR count). The van der Waals surface area contributed by atoms with Gasteiger partial charge in [-0.3, -0.25) is 9.59 Å². The monoisotopic (exact) mass is 225 g/mol. The first-order valence-corrected chi connectivity index (χ1v) is 4.29. The molecule has 0 fully saturated rings. The lowest BCUT2D eigenvalue weighted by atomic mass is 10.2. The van der Waals surface area contributed by atoms with Crippen molar-refractivity contribution in [3.8, 4) is 0 Å². The van der Waals surface area contributed by atoms with E-state index in [0.717, 1.165) is 0 Å². The van der Waals surface area contributed by atoms with E-state index in [2.05, 4.69) is 17.2 Å². The predicted octanol–water partition coefficient (Wildman–Crippen LogP) is -0.949. The van der Waals surface area contributed by atoms with Crippen LogP contribution < -0.4 is 17.2 Å². The van der Waals surface area contributed by atoms with E-state index < -0.39 is 11.9 Å². The van der Waals surface area contributed by atoms with Gasteiger partial charge in [-0.2, -0.15) is 0 Å². The van der Waals surface area contributed by atoms with Crippen molar-refractivity contribution in [2.45, 2.75) is 19.3 Å². The molecule has 0 amide bonds. The lowest BCUT2D eigenvalue weighted by Crippen LogP contribution is -1.98. The Morgan fingerprint density at radius 3 is 1.13 bits per heavy atom. The van der Waals surface area contributed by atoms with Gasteiger partial charge >= 0.3 is 11.9 Å². The Balaban J connectivity index is -0.0000000860. The lowest BCUT2D eigenvalue weighted by Gasteiger charge is -1.89. The quantitative estimate of drug-likeness (QED) is 0.413. The highest BCUT2D eigenvalue weighted by Crippen LogP contribution is 1.93. The highest BCUT2D eigenvalue weighted by atomic mass is 16.4. The van der Waals surface area contributed by atoms with Gasteiger partial charge in [0.25, 0.3) is 0 Å². The average molecular weight is 225 g/mol. The molecule has 0 aromatic rings. The van der Waals surface area contributed by atoms with Gasteiger partial charge < -0.3 is 27.4 Å². The zero-order valence-corrected chi connectivity index (χ0v) is 9.56. The summed E-state index contributed by atoms with van der Waals surface area (Å²) in [6.07, 6.45) is 0.0866. The van der Waals surface area contributed by atoms with Crippen LogP contribution in [0.4, 0.5) is 0 Å². The van der Waals surface area contributed by atoms with Gasteiger partial charge in [-0.25, -0.2) is 0 Å². The molecule has 0 aliphatic rings. The van der Waals surface area contributed by atoms with Crippen molar-refractivity contribution in [2.24, 2.45) is 17.2 Å². The summed E-state index contributed by atoms with van der Waals surface area (Å²) in [6, 6.07) is 0. The van der Waals surface area contributed by atoms with Gasteiger partial charge in [-0.15, -0.1) is 0 Å². The van der Waals surface area contributed by atoms with E-state index in [0.29, 0.717) is 0 Å². The van der Waals surface area contributed by atoms with E-state index in [1.807, 2.05) is 0 Å². The Kier molecular flexibility index (Phi) is 46.0. The molecule has 0 bridgehead atoms. The molecule has 0 saturated carbocycles. The van der Waals surface area contributed by atoms with E-state index in [-0.39, 0.29) is 19.3 Å². The first kappa shape index (κ1) is 23.6. The Morgan fingerprint density at radius 1 is 0.800 bits per heavy atom. The molecule has 7 nitrogen and oxygen atoms in total. The number of rotatable bonds is 4. The fraction of sp³-hybridized carbons (Fsp3) is 0.750. The summed E-state index contributed by atoms with van der Waals surface area (Å²) in [5, 5.41) is 16.1. The summed E-state index contributed by atoms with van der Waals surface area (Å²) in [5.74, 6) is -1.90. The molecule has 0 atom stereocenters. The molecule has 0 radical (unpaired) electrons. The minimum absolute atomic E-state index is 0.0632. The van der Waals surface area contributed by atoms with Gasteiger partial charge in [0.2, 0.25) is 0 Å². The predicted molar refractivity (Wildman–Crippen MR) is 59.5 cm³/mol. The van der Waals surface area contributed by atoms with Crippen LogP contribution in [0.1, 0.15) is 19.3 Å². The molecular weight excluding hydrogens is 202 g/mol. The van der Waals surface area contributed by atoms with Crippen molar-refractivity contribution in [1.29, 1.82) is 0 Å². The van der Waals surface area contributed by atoms with E-state index in [4.69, 9.17) is 10.2 Å². The lowest BCUT2D eigenvalue weighted by molar-refractivity contribution is -0.138. The van der Waals surface area contributed by atoms with Gasteiger partial charge in [-0.1, -0.05) is 0 Å². The zero-order chi connectivity index (χ0) is 13.3. The molecular formula is C8H23N3O4. The number of nitrogens with two attached hydrogens (primary N) is 3. The van der Waals surface area contributed by atoms with Crippen LogP contribution >= 0.6 is 0 Å². The number of carbonyl (C=O) groups is 2. The molecule has 7 heteroatoms. The maximum Gasteiger partial charge on any atom is 0.303 e. The Hall–Kier alpha value is -1.18. The van der Waals surface area contributed by atoms with E-state index in [9.17, 15) is 9.59 Å². The van der Waals surface area contributed by atoms with Gasteiger partial charge in [-0.05, 0) is 27.6 Å². The highest BCUT2D eigenvalue weighted by Gasteiger charge is 1.99. The molecule has 0 aromatic carbocycles. The van der Waals surface area contributed by atoms with Crippen LogP contribution in [0, 0.1) is 0 Å². The standard InChI is InChI=1S/C5H8O4.3CH5N/c6-4(7)2-1-3-5(8)9;3*1-2/h1-3H2,(H,6,7)(H,8,9);3*2H2,1H3. The number of carboxylic acid groups (broad SMARTS) is 2. The Bertz CT molecular complexity index is 117. The topological polar surface area (TPSA) is 153 Å². The first-order valence-electron chi connectivity index (χ1n) is 4.29. The van der Waals surface area contributed by atoms with Gasteiger partial charge in [0, 0.05) is 12.8 Å². The van der Waals surface area contributed by atoms with E-state index >= 15 is 0 Å². The van der Waals surface area contributed by atoms with Crippen molar-refractivity contribution in [1.82, 2.24) is 0 Å².